The summed E-state index contributed by atoms with van der Waals surface area (Å²) in [5.41, 5.74) is 2.37. The molecular weight excluding hydrogens is 459 g/mol. The molecule has 3 aromatic carbocycles. The highest BCUT2D eigenvalue weighted by molar-refractivity contribution is 8.00. The van der Waals surface area contributed by atoms with Crippen LogP contribution in [0.5, 0.6) is 5.75 Å². The van der Waals surface area contributed by atoms with Gasteiger partial charge in [-0.1, -0.05) is 47.5 Å². The zero-order chi connectivity index (χ0) is 21.1. The molecule has 0 aromatic heterocycles. The van der Waals surface area contributed by atoms with E-state index in [9.17, 15) is 4.79 Å². The zero-order valence-corrected chi connectivity index (χ0v) is 19.2. The number of anilines is 2. The quantitative estimate of drug-likeness (QED) is 0.392. The molecule has 4 nitrogen and oxygen atoms in total. The molecule has 1 heterocycles. The van der Waals surface area contributed by atoms with Crippen molar-refractivity contribution in [2.75, 3.05) is 29.1 Å². The van der Waals surface area contributed by atoms with E-state index in [1.807, 2.05) is 36.0 Å². The molecule has 8 heteroatoms. The summed E-state index contributed by atoms with van der Waals surface area (Å²) in [6.45, 7) is 0. The van der Waals surface area contributed by atoms with Crippen molar-refractivity contribution in [1.29, 1.82) is 0 Å². The number of carbonyl (C=O) groups is 1. The molecule has 3 aromatic rings. The summed E-state index contributed by atoms with van der Waals surface area (Å²) in [6, 6.07) is 19.3. The van der Waals surface area contributed by atoms with Gasteiger partial charge in [0.05, 0.1) is 40.3 Å². The highest BCUT2D eigenvalue weighted by atomic mass is 35.5. The van der Waals surface area contributed by atoms with Gasteiger partial charge in [-0.15, -0.1) is 23.5 Å². The van der Waals surface area contributed by atoms with Gasteiger partial charge in [0, 0.05) is 15.4 Å². The predicted octanol–water partition coefficient (Wildman–Crippen LogP) is 6.87. The van der Waals surface area contributed by atoms with Crippen molar-refractivity contribution in [3.8, 4) is 5.75 Å². The molecule has 0 saturated heterocycles. The van der Waals surface area contributed by atoms with E-state index in [0.717, 1.165) is 22.3 Å². The number of hydrogen-bond acceptors (Lipinski definition) is 5. The Kier molecular flexibility index (Phi) is 6.68. The van der Waals surface area contributed by atoms with E-state index < -0.39 is 0 Å². The summed E-state index contributed by atoms with van der Waals surface area (Å²) in [5.74, 6) is 1.78. The van der Waals surface area contributed by atoms with E-state index in [4.69, 9.17) is 27.9 Å². The van der Waals surface area contributed by atoms with Crippen molar-refractivity contribution in [3.05, 3.63) is 76.3 Å². The summed E-state index contributed by atoms with van der Waals surface area (Å²) in [4.78, 5) is 17.4. The lowest BCUT2D eigenvalue weighted by Crippen LogP contribution is -2.18. The van der Waals surface area contributed by atoms with Crippen LogP contribution in [-0.4, -0.2) is 24.8 Å². The van der Waals surface area contributed by atoms with Crippen LogP contribution in [0.25, 0.3) is 0 Å². The first-order valence-electron chi connectivity index (χ1n) is 9.10. The molecule has 0 saturated carbocycles. The van der Waals surface area contributed by atoms with Gasteiger partial charge in [0.2, 0.25) is 0 Å². The molecule has 1 N–H and O–H groups in total. The minimum atomic E-state index is -0.281. The lowest BCUT2D eigenvalue weighted by molar-refractivity contribution is 0.102. The lowest BCUT2D eigenvalue weighted by Gasteiger charge is -2.19. The fraction of sp³-hybridized carbons (Fsp3) is 0.136. The summed E-state index contributed by atoms with van der Waals surface area (Å²) in [5, 5.41) is 3.56. The van der Waals surface area contributed by atoms with E-state index >= 15 is 0 Å². The number of para-hydroxylation sites is 2. The van der Waals surface area contributed by atoms with Crippen LogP contribution in [0.1, 0.15) is 10.4 Å². The zero-order valence-electron chi connectivity index (χ0n) is 16.0. The fourth-order valence-corrected chi connectivity index (χ4v) is 5.86. The van der Waals surface area contributed by atoms with Gasteiger partial charge in [0.1, 0.15) is 0 Å². The molecule has 0 atom stereocenters. The molecule has 4 rings (SSSR count). The number of amides is 1. The molecule has 0 spiro atoms. The molecule has 0 fully saturated rings. The third kappa shape index (κ3) is 4.52. The van der Waals surface area contributed by atoms with Crippen molar-refractivity contribution in [3.63, 3.8) is 0 Å². The number of thioether (sulfide) groups is 2. The van der Waals surface area contributed by atoms with Crippen molar-refractivity contribution >= 4 is 64.0 Å². The van der Waals surface area contributed by atoms with Crippen LogP contribution < -0.4 is 15.0 Å². The lowest BCUT2D eigenvalue weighted by atomic mass is 10.2. The third-order valence-corrected chi connectivity index (χ3v) is 7.32. The maximum absolute atomic E-state index is 12.8. The number of rotatable bonds is 6. The Morgan fingerprint density at radius 2 is 1.83 bits per heavy atom. The van der Waals surface area contributed by atoms with E-state index in [2.05, 4.69) is 34.5 Å². The summed E-state index contributed by atoms with van der Waals surface area (Å²) >= 11 is 15.9. The van der Waals surface area contributed by atoms with Gasteiger partial charge in [0.25, 0.3) is 5.91 Å². The Hall–Kier alpha value is -1.99. The van der Waals surface area contributed by atoms with Gasteiger partial charge in [0.15, 0.2) is 5.75 Å². The predicted molar refractivity (Wildman–Crippen MR) is 128 cm³/mol. The Labute approximate surface area is 193 Å². The smallest absolute Gasteiger partial charge is 0.255 e. The number of nitrogens with one attached hydrogen (secondary N) is 1. The molecule has 1 aliphatic rings. The minimum absolute atomic E-state index is 0.281. The SMILES string of the molecule is COc1c(Cl)cc(C(=O)Nc2ccccc2SCN2CSc3ccccc32)cc1Cl. The number of benzene rings is 3. The van der Waals surface area contributed by atoms with Gasteiger partial charge in [-0.3, -0.25) is 4.79 Å². The van der Waals surface area contributed by atoms with Crippen LogP contribution >= 0.6 is 46.7 Å². The van der Waals surface area contributed by atoms with Crippen LogP contribution in [0.3, 0.4) is 0 Å². The molecule has 0 radical (unpaired) electrons. The second-order valence-corrected chi connectivity index (χ2v) is 9.27. The number of ether oxygens (including phenoxy) is 1. The number of methoxy groups -OCH3 is 1. The maximum Gasteiger partial charge on any atom is 0.255 e. The van der Waals surface area contributed by atoms with Gasteiger partial charge in [-0.25, -0.2) is 0 Å². The molecular formula is C22H18Cl2N2O2S2. The fourth-order valence-electron chi connectivity index (χ4n) is 3.09. The molecule has 1 aliphatic heterocycles. The summed E-state index contributed by atoms with van der Waals surface area (Å²) in [7, 11) is 1.48. The topological polar surface area (TPSA) is 41.6 Å². The number of hydrogen-bond donors (Lipinski definition) is 1. The van der Waals surface area contributed by atoms with Crippen molar-refractivity contribution < 1.29 is 9.53 Å². The van der Waals surface area contributed by atoms with Crippen LogP contribution in [-0.2, 0) is 0 Å². The summed E-state index contributed by atoms with van der Waals surface area (Å²) in [6.07, 6.45) is 0. The number of halogens is 2. The van der Waals surface area contributed by atoms with Crippen molar-refractivity contribution in [2.24, 2.45) is 0 Å². The molecule has 0 unspecified atom stereocenters. The van der Waals surface area contributed by atoms with Crippen LogP contribution in [0.15, 0.2) is 70.5 Å². The molecule has 1 amide bonds. The van der Waals surface area contributed by atoms with Crippen LogP contribution in [0.4, 0.5) is 11.4 Å². The first kappa shape index (κ1) is 21.2. The molecule has 0 aliphatic carbocycles. The first-order valence-corrected chi connectivity index (χ1v) is 11.8. The Balaban J connectivity index is 1.48. The van der Waals surface area contributed by atoms with E-state index in [-0.39, 0.29) is 5.91 Å². The van der Waals surface area contributed by atoms with Crippen molar-refractivity contribution in [2.45, 2.75) is 9.79 Å². The van der Waals surface area contributed by atoms with Gasteiger partial charge in [-0.05, 0) is 36.4 Å². The number of carbonyl (C=O) groups excluding carboxylic acids is 1. The van der Waals surface area contributed by atoms with Gasteiger partial charge >= 0.3 is 0 Å². The first-order chi connectivity index (χ1) is 14.6. The van der Waals surface area contributed by atoms with Crippen molar-refractivity contribution in [1.82, 2.24) is 0 Å². The van der Waals surface area contributed by atoms with Crippen LogP contribution in [0, 0.1) is 0 Å². The van der Waals surface area contributed by atoms with Gasteiger partial charge < -0.3 is 15.0 Å². The number of fused-ring (bicyclic) bond motifs is 1. The largest absolute Gasteiger partial charge is 0.494 e. The highest BCUT2D eigenvalue weighted by Crippen LogP contribution is 2.40. The van der Waals surface area contributed by atoms with Gasteiger partial charge in [-0.2, -0.15) is 0 Å². The monoisotopic (exact) mass is 476 g/mol. The minimum Gasteiger partial charge on any atom is -0.494 e. The van der Waals surface area contributed by atoms with E-state index in [1.165, 1.54) is 17.7 Å². The average molecular weight is 477 g/mol. The molecule has 30 heavy (non-hydrogen) atoms. The third-order valence-electron chi connectivity index (χ3n) is 4.56. The average Bonchev–Trinajstić information content (AvgIpc) is 3.16. The standard InChI is InChI=1S/C22H18Cl2N2O2S2/c1-28-21-15(23)10-14(11-16(21)24)22(27)25-17-6-2-4-8-19(17)29-12-26-13-30-20-9-5-3-7-18(20)26/h2-11H,12-13H2,1H3,(H,25,27). The van der Waals surface area contributed by atoms with E-state index in [1.54, 1.807) is 23.9 Å². The Morgan fingerprint density at radius 3 is 2.60 bits per heavy atom. The molecule has 0 bridgehead atoms. The van der Waals surface area contributed by atoms with Crippen LogP contribution in [0.2, 0.25) is 10.0 Å². The normalized spacial score (nSPS) is 12.6. The molecule has 154 valence electrons. The Bertz CT molecular complexity index is 1070. The number of nitrogens with zero attached hydrogens (tertiary/aromatic N) is 1. The highest BCUT2D eigenvalue weighted by Gasteiger charge is 2.20. The second-order valence-electron chi connectivity index (χ2n) is 6.48. The summed E-state index contributed by atoms with van der Waals surface area (Å²) < 4.78 is 5.15. The Morgan fingerprint density at radius 1 is 1.13 bits per heavy atom. The maximum atomic E-state index is 12.8. The second kappa shape index (κ2) is 9.43. The van der Waals surface area contributed by atoms with E-state index in [0.29, 0.717) is 21.4 Å².